The summed E-state index contributed by atoms with van der Waals surface area (Å²) < 4.78 is 30.8. The first-order valence-corrected chi connectivity index (χ1v) is 12.0. The van der Waals surface area contributed by atoms with Gasteiger partial charge in [-0.25, -0.2) is 8.42 Å². The number of likely N-dealkylation sites (tertiary alicyclic amines) is 1. The number of rotatable bonds is 7. The van der Waals surface area contributed by atoms with Crippen molar-refractivity contribution in [3.63, 3.8) is 0 Å². The average Bonchev–Trinajstić information content (AvgIpc) is 3.33. The van der Waals surface area contributed by atoms with Gasteiger partial charge in [-0.2, -0.15) is 0 Å². The molecule has 0 saturated carbocycles. The number of benzene rings is 2. The highest BCUT2D eigenvalue weighted by Crippen LogP contribution is 2.25. The Morgan fingerprint density at radius 3 is 2.23 bits per heavy atom. The van der Waals surface area contributed by atoms with Gasteiger partial charge in [0.05, 0.1) is 10.9 Å². The molecular weight excluding hydrogens is 412 g/mol. The van der Waals surface area contributed by atoms with Gasteiger partial charge in [0.2, 0.25) is 14.9 Å². The van der Waals surface area contributed by atoms with E-state index in [1.807, 2.05) is 18.2 Å². The number of amides is 1. The second kappa shape index (κ2) is 9.49. The molecule has 1 N–H and O–H groups in total. The van der Waals surface area contributed by atoms with Crippen molar-refractivity contribution in [1.29, 1.82) is 0 Å². The number of carbonyl (C=O) groups is 1. The van der Waals surface area contributed by atoms with E-state index in [1.165, 1.54) is 30.7 Å². The summed E-state index contributed by atoms with van der Waals surface area (Å²) in [4.78, 5) is 15.2. The molecule has 162 valence electrons. The van der Waals surface area contributed by atoms with Crippen molar-refractivity contribution in [2.45, 2.75) is 35.3 Å². The molecule has 1 atom stereocenters. The Morgan fingerprint density at radius 2 is 1.55 bits per heavy atom. The van der Waals surface area contributed by atoms with Crippen LogP contribution in [0.15, 0.2) is 87.2 Å². The lowest BCUT2D eigenvalue weighted by molar-refractivity contribution is 0.0892. The average molecular weight is 439 g/mol. The minimum Gasteiger partial charge on any atom is -0.439 e. The lowest BCUT2D eigenvalue weighted by atomic mass is 10.0. The summed E-state index contributed by atoms with van der Waals surface area (Å²) in [5.41, 5.74) is 1.15. The fourth-order valence-electron chi connectivity index (χ4n) is 3.94. The van der Waals surface area contributed by atoms with Gasteiger partial charge < -0.3 is 9.73 Å². The molecule has 1 unspecified atom stereocenters. The number of carbonyl (C=O) groups excluding carboxylic acids is 1. The monoisotopic (exact) mass is 438 g/mol. The highest BCUT2D eigenvalue weighted by atomic mass is 32.2. The molecule has 31 heavy (non-hydrogen) atoms. The molecule has 6 nitrogen and oxygen atoms in total. The molecule has 0 bridgehead atoms. The molecule has 1 aliphatic rings. The van der Waals surface area contributed by atoms with E-state index in [1.54, 1.807) is 18.2 Å². The summed E-state index contributed by atoms with van der Waals surface area (Å²) in [7, 11) is -3.80. The SMILES string of the molecule is O=C(NCC(c1ccccc1)N1CCCCC1)c1ccc(S(=O)(=O)c2ccccc2)o1. The Labute approximate surface area is 182 Å². The molecule has 1 saturated heterocycles. The van der Waals surface area contributed by atoms with Crippen LogP contribution in [-0.2, 0) is 9.84 Å². The molecule has 1 aromatic heterocycles. The van der Waals surface area contributed by atoms with Crippen molar-refractivity contribution in [2.75, 3.05) is 19.6 Å². The fraction of sp³-hybridized carbons (Fsp3) is 0.292. The van der Waals surface area contributed by atoms with Gasteiger partial charge in [-0.1, -0.05) is 55.0 Å². The second-order valence-corrected chi connectivity index (χ2v) is 9.55. The first-order valence-electron chi connectivity index (χ1n) is 10.5. The van der Waals surface area contributed by atoms with Crippen molar-refractivity contribution in [3.8, 4) is 0 Å². The van der Waals surface area contributed by atoms with Crippen LogP contribution >= 0.6 is 0 Å². The number of furan rings is 1. The summed E-state index contributed by atoms with van der Waals surface area (Å²) in [5, 5.41) is 2.69. The van der Waals surface area contributed by atoms with E-state index in [9.17, 15) is 13.2 Å². The zero-order chi connectivity index (χ0) is 21.7. The van der Waals surface area contributed by atoms with Crippen molar-refractivity contribution in [2.24, 2.45) is 0 Å². The highest BCUT2D eigenvalue weighted by Gasteiger charge is 2.25. The third kappa shape index (κ3) is 4.89. The van der Waals surface area contributed by atoms with Crippen LogP contribution in [0.2, 0.25) is 0 Å². The van der Waals surface area contributed by atoms with Gasteiger partial charge in [0.25, 0.3) is 5.91 Å². The van der Waals surface area contributed by atoms with Gasteiger partial charge in [-0.05, 0) is 55.8 Å². The van der Waals surface area contributed by atoms with Crippen LogP contribution in [0.1, 0.15) is 41.4 Å². The topological polar surface area (TPSA) is 79.6 Å². The van der Waals surface area contributed by atoms with Crippen LogP contribution < -0.4 is 5.32 Å². The van der Waals surface area contributed by atoms with Gasteiger partial charge >= 0.3 is 0 Å². The van der Waals surface area contributed by atoms with Crippen LogP contribution in [0.4, 0.5) is 0 Å². The molecule has 1 aliphatic heterocycles. The number of nitrogens with one attached hydrogen (secondary N) is 1. The van der Waals surface area contributed by atoms with Crippen LogP contribution in [0.5, 0.6) is 0 Å². The molecule has 1 fully saturated rings. The van der Waals surface area contributed by atoms with Crippen LogP contribution in [-0.4, -0.2) is 38.9 Å². The fourth-order valence-corrected chi connectivity index (χ4v) is 5.14. The number of sulfone groups is 1. The summed E-state index contributed by atoms with van der Waals surface area (Å²) in [6, 6.07) is 21.0. The summed E-state index contributed by atoms with van der Waals surface area (Å²) >= 11 is 0. The van der Waals surface area contributed by atoms with E-state index in [0.29, 0.717) is 6.54 Å². The zero-order valence-corrected chi connectivity index (χ0v) is 18.1. The summed E-state index contributed by atoms with van der Waals surface area (Å²) in [5.74, 6) is -0.438. The first-order chi connectivity index (χ1) is 15.1. The maximum atomic E-state index is 12.7. The lowest BCUT2D eigenvalue weighted by Crippen LogP contribution is -2.40. The molecule has 0 aliphatic carbocycles. The largest absolute Gasteiger partial charge is 0.439 e. The molecule has 4 rings (SSSR count). The van der Waals surface area contributed by atoms with E-state index >= 15 is 0 Å². The zero-order valence-electron chi connectivity index (χ0n) is 17.2. The molecule has 0 radical (unpaired) electrons. The Bertz CT molecular complexity index is 1100. The highest BCUT2D eigenvalue weighted by molar-refractivity contribution is 7.91. The number of nitrogens with zero attached hydrogens (tertiary/aromatic N) is 1. The first kappa shape index (κ1) is 21.3. The Hall–Kier alpha value is -2.90. The minimum atomic E-state index is -3.80. The molecule has 0 spiro atoms. The third-order valence-electron chi connectivity index (χ3n) is 5.60. The molecule has 2 heterocycles. The molecular formula is C24H26N2O4S. The predicted molar refractivity (Wildman–Crippen MR) is 118 cm³/mol. The Balaban J connectivity index is 1.47. The minimum absolute atomic E-state index is 0.0139. The van der Waals surface area contributed by atoms with Crippen molar-refractivity contribution in [1.82, 2.24) is 10.2 Å². The molecule has 2 aromatic carbocycles. The standard InChI is InChI=1S/C24H26N2O4S/c27-24(22-14-15-23(30-22)31(28,29)20-12-6-2-7-13-20)25-18-21(19-10-4-1-5-11-19)26-16-8-3-9-17-26/h1-2,4-7,10-15,21H,3,8-9,16-18H2,(H,25,27). The van der Waals surface area contributed by atoms with Crippen LogP contribution in [0, 0.1) is 0 Å². The molecule has 3 aromatic rings. The van der Waals surface area contributed by atoms with E-state index in [-0.39, 0.29) is 21.8 Å². The van der Waals surface area contributed by atoms with Gasteiger partial charge in [-0.3, -0.25) is 9.69 Å². The lowest BCUT2D eigenvalue weighted by Gasteiger charge is -2.35. The molecule has 1 amide bonds. The number of hydrogen-bond donors (Lipinski definition) is 1. The maximum Gasteiger partial charge on any atom is 0.287 e. The van der Waals surface area contributed by atoms with Crippen molar-refractivity contribution in [3.05, 3.63) is 84.1 Å². The van der Waals surface area contributed by atoms with Crippen LogP contribution in [0.3, 0.4) is 0 Å². The quantitative estimate of drug-likeness (QED) is 0.602. The van der Waals surface area contributed by atoms with Crippen LogP contribution in [0.25, 0.3) is 0 Å². The van der Waals surface area contributed by atoms with Gasteiger partial charge in [0, 0.05) is 6.54 Å². The summed E-state index contributed by atoms with van der Waals surface area (Å²) in [6.07, 6.45) is 3.53. The summed E-state index contributed by atoms with van der Waals surface area (Å²) in [6.45, 7) is 2.41. The van der Waals surface area contributed by atoms with E-state index in [4.69, 9.17) is 4.42 Å². The van der Waals surface area contributed by atoms with Crippen molar-refractivity contribution < 1.29 is 17.6 Å². The van der Waals surface area contributed by atoms with Crippen molar-refractivity contribution >= 4 is 15.7 Å². The molecule has 7 heteroatoms. The van der Waals surface area contributed by atoms with Gasteiger partial charge in [0.1, 0.15) is 0 Å². The van der Waals surface area contributed by atoms with E-state index in [2.05, 4.69) is 22.3 Å². The number of hydrogen-bond acceptors (Lipinski definition) is 5. The second-order valence-electron chi connectivity index (χ2n) is 7.67. The number of piperidine rings is 1. The third-order valence-corrected chi connectivity index (χ3v) is 7.24. The predicted octanol–water partition coefficient (Wildman–Crippen LogP) is 4.07. The van der Waals surface area contributed by atoms with Gasteiger partial charge in [-0.15, -0.1) is 0 Å². The maximum absolute atomic E-state index is 12.7. The smallest absolute Gasteiger partial charge is 0.287 e. The van der Waals surface area contributed by atoms with E-state index < -0.39 is 15.7 Å². The normalized spacial score (nSPS) is 16.0. The van der Waals surface area contributed by atoms with E-state index in [0.717, 1.165) is 31.5 Å². The Kier molecular flexibility index (Phi) is 6.53. The Morgan fingerprint density at radius 1 is 0.903 bits per heavy atom. The van der Waals surface area contributed by atoms with Gasteiger partial charge in [0.15, 0.2) is 5.76 Å².